The van der Waals surface area contributed by atoms with Gasteiger partial charge in [-0.1, -0.05) is 30.4 Å². The molecule has 1 N–H and O–H groups in total. The highest BCUT2D eigenvalue weighted by Gasteiger charge is 2.67. The molecule has 1 aromatic rings. The van der Waals surface area contributed by atoms with Crippen LogP contribution in [0, 0.1) is 11.8 Å². The van der Waals surface area contributed by atoms with Gasteiger partial charge in [0.1, 0.15) is 11.2 Å². The fourth-order valence-corrected chi connectivity index (χ4v) is 4.06. The summed E-state index contributed by atoms with van der Waals surface area (Å²) in [6, 6.07) is 8.87. The van der Waals surface area contributed by atoms with Crippen LogP contribution in [0.3, 0.4) is 0 Å². The van der Waals surface area contributed by atoms with E-state index in [0.717, 1.165) is 0 Å². The molecule has 2 fully saturated rings. The lowest BCUT2D eigenvalue weighted by molar-refractivity contribution is -0.126. The molecule has 2 saturated heterocycles. The van der Waals surface area contributed by atoms with E-state index in [2.05, 4.69) is 5.32 Å². The van der Waals surface area contributed by atoms with E-state index in [0.29, 0.717) is 5.69 Å². The number of anilines is 1. The Bertz CT molecular complexity index is 829. The third-order valence-corrected chi connectivity index (χ3v) is 5.08. The highest BCUT2D eigenvalue weighted by atomic mass is 16.6. The molecule has 4 atom stereocenters. The van der Waals surface area contributed by atoms with Gasteiger partial charge >= 0.3 is 6.09 Å². The van der Waals surface area contributed by atoms with E-state index in [1.54, 1.807) is 57.2 Å². The second-order valence-corrected chi connectivity index (χ2v) is 8.10. The zero-order chi connectivity index (χ0) is 19.4. The third-order valence-electron chi connectivity index (χ3n) is 5.08. The van der Waals surface area contributed by atoms with Gasteiger partial charge in [-0.3, -0.25) is 9.59 Å². The lowest BCUT2D eigenvalue weighted by Crippen LogP contribution is -2.49. The smallest absolute Gasteiger partial charge is 0.407 e. The van der Waals surface area contributed by atoms with Crippen molar-refractivity contribution in [2.24, 2.45) is 11.8 Å². The molecule has 4 unspecified atom stereocenters. The number of para-hydroxylation sites is 1. The van der Waals surface area contributed by atoms with Gasteiger partial charge < -0.3 is 14.8 Å². The van der Waals surface area contributed by atoms with Gasteiger partial charge in [0.2, 0.25) is 11.8 Å². The van der Waals surface area contributed by atoms with Crippen LogP contribution in [0.25, 0.3) is 0 Å². The molecular formula is C20H22N2O5. The highest BCUT2D eigenvalue weighted by molar-refractivity contribution is 6.23. The van der Waals surface area contributed by atoms with Crippen molar-refractivity contribution in [3.8, 4) is 0 Å². The fourth-order valence-electron chi connectivity index (χ4n) is 4.06. The van der Waals surface area contributed by atoms with E-state index in [9.17, 15) is 14.4 Å². The molecule has 27 heavy (non-hydrogen) atoms. The number of alkyl carbamates (subject to hydrolysis) is 1. The molecule has 142 valence electrons. The topological polar surface area (TPSA) is 84.9 Å². The van der Waals surface area contributed by atoms with Crippen LogP contribution in [0.2, 0.25) is 0 Å². The number of ether oxygens (including phenoxy) is 2. The van der Waals surface area contributed by atoms with Crippen LogP contribution >= 0.6 is 0 Å². The number of rotatable bonds is 3. The van der Waals surface area contributed by atoms with Crippen LogP contribution in [0.1, 0.15) is 20.8 Å². The van der Waals surface area contributed by atoms with Crippen molar-refractivity contribution in [3.05, 3.63) is 42.5 Å². The van der Waals surface area contributed by atoms with Crippen molar-refractivity contribution in [3.63, 3.8) is 0 Å². The minimum Gasteiger partial charge on any atom is -0.444 e. The van der Waals surface area contributed by atoms with Crippen LogP contribution in [0.15, 0.2) is 42.5 Å². The first kappa shape index (κ1) is 17.7. The molecule has 3 aliphatic heterocycles. The number of imide groups is 1. The quantitative estimate of drug-likeness (QED) is 0.650. The summed E-state index contributed by atoms with van der Waals surface area (Å²) in [6.45, 7) is 5.39. The summed E-state index contributed by atoms with van der Waals surface area (Å²) in [5.41, 5.74) is -1.10. The minimum absolute atomic E-state index is 0.0672. The Morgan fingerprint density at radius 2 is 1.93 bits per heavy atom. The third kappa shape index (κ3) is 2.82. The van der Waals surface area contributed by atoms with Crippen LogP contribution < -0.4 is 10.2 Å². The molecule has 2 bridgehead atoms. The molecule has 4 rings (SSSR count). The molecule has 0 spiro atoms. The molecule has 0 saturated carbocycles. The van der Waals surface area contributed by atoms with Gasteiger partial charge in [0, 0.05) is 0 Å². The minimum atomic E-state index is -1.03. The van der Waals surface area contributed by atoms with Gasteiger partial charge in [0.25, 0.3) is 0 Å². The number of amides is 3. The Morgan fingerprint density at radius 3 is 2.59 bits per heavy atom. The van der Waals surface area contributed by atoms with Crippen LogP contribution in [-0.4, -0.2) is 41.8 Å². The Balaban J connectivity index is 1.56. The van der Waals surface area contributed by atoms with E-state index in [4.69, 9.17) is 9.47 Å². The predicted octanol–water partition coefficient (Wildman–Crippen LogP) is 2.02. The van der Waals surface area contributed by atoms with Gasteiger partial charge in [-0.2, -0.15) is 0 Å². The number of carbonyl (C=O) groups is 3. The fraction of sp³-hybridized carbons (Fsp3) is 0.450. The lowest BCUT2D eigenvalue weighted by atomic mass is 9.77. The average molecular weight is 370 g/mol. The molecule has 3 aliphatic rings. The molecule has 0 radical (unpaired) electrons. The summed E-state index contributed by atoms with van der Waals surface area (Å²) in [5.74, 6) is -1.78. The van der Waals surface area contributed by atoms with Crippen molar-refractivity contribution in [2.75, 3.05) is 11.4 Å². The Kier molecular flexibility index (Phi) is 3.89. The zero-order valence-corrected chi connectivity index (χ0v) is 15.5. The monoisotopic (exact) mass is 370 g/mol. The van der Waals surface area contributed by atoms with Crippen molar-refractivity contribution in [1.29, 1.82) is 0 Å². The summed E-state index contributed by atoms with van der Waals surface area (Å²) in [6.07, 6.45) is 2.55. The lowest BCUT2D eigenvalue weighted by Gasteiger charge is -2.29. The first-order valence-electron chi connectivity index (χ1n) is 8.99. The maximum absolute atomic E-state index is 13.1. The number of nitrogens with one attached hydrogen (secondary N) is 1. The summed E-state index contributed by atoms with van der Waals surface area (Å²) in [7, 11) is 0. The van der Waals surface area contributed by atoms with Gasteiger partial charge in [-0.25, -0.2) is 9.69 Å². The molecule has 7 nitrogen and oxygen atoms in total. The number of fused-ring (bicyclic) bond motifs is 5. The second kappa shape index (κ2) is 5.92. The number of nitrogens with zero attached hydrogens (tertiary/aromatic N) is 1. The van der Waals surface area contributed by atoms with Crippen molar-refractivity contribution >= 4 is 23.6 Å². The molecule has 3 heterocycles. The van der Waals surface area contributed by atoms with Crippen molar-refractivity contribution < 1.29 is 23.9 Å². The summed E-state index contributed by atoms with van der Waals surface area (Å²) in [4.78, 5) is 39.3. The van der Waals surface area contributed by atoms with Crippen molar-refractivity contribution in [1.82, 2.24) is 5.32 Å². The van der Waals surface area contributed by atoms with Crippen LogP contribution in [0.4, 0.5) is 10.5 Å². The first-order chi connectivity index (χ1) is 12.7. The first-order valence-corrected chi connectivity index (χ1v) is 8.99. The number of carbonyl (C=O) groups excluding carboxylic acids is 3. The predicted molar refractivity (Wildman–Crippen MR) is 96.9 cm³/mol. The van der Waals surface area contributed by atoms with E-state index >= 15 is 0 Å². The van der Waals surface area contributed by atoms with Gasteiger partial charge in [0.15, 0.2) is 0 Å². The summed E-state index contributed by atoms with van der Waals surface area (Å²) >= 11 is 0. The Morgan fingerprint density at radius 1 is 1.22 bits per heavy atom. The summed E-state index contributed by atoms with van der Waals surface area (Å²) in [5, 5.41) is 2.68. The number of benzene rings is 1. The molecule has 7 heteroatoms. The maximum Gasteiger partial charge on any atom is 0.407 e. The van der Waals surface area contributed by atoms with Crippen LogP contribution in [-0.2, 0) is 19.1 Å². The molecule has 0 aromatic heterocycles. The zero-order valence-electron chi connectivity index (χ0n) is 15.5. The normalized spacial score (nSPS) is 31.4. The highest BCUT2D eigenvalue weighted by Crippen LogP contribution is 2.52. The van der Waals surface area contributed by atoms with Gasteiger partial charge in [-0.15, -0.1) is 0 Å². The van der Waals surface area contributed by atoms with E-state index in [-0.39, 0.29) is 18.4 Å². The van der Waals surface area contributed by atoms with E-state index < -0.39 is 35.2 Å². The molecule has 0 aliphatic carbocycles. The Hall–Kier alpha value is -2.67. The SMILES string of the molecule is CC(C)(C)OC(=O)NCC12C=CC(O1)C1C(=O)N(c3ccccc3)C(=O)C12. The van der Waals surface area contributed by atoms with Crippen molar-refractivity contribution in [2.45, 2.75) is 38.1 Å². The maximum atomic E-state index is 13.1. The molecule has 3 amide bonds. The van der Waals surface area contributed by atoms with Gasteiger partial charge in [0.05, 0.1) is 30.2 Å². The van der Waals surface area contributed by atoms with Crippen LogP contribution in [0.5, 0.6) is 0 Å². The summed E-state index contributed by atoms with van der Waals surface area (Å²) < 4.78 is 11.2. The molecular weight excluding hydrogens is 348 g/mol. The number of hydrogen-bond acceptors (Lipinski definition) is 5. The van der Waals surface area contributed by atoms with Gasteiger partial charge in [-0.05, 0) is 32.9 Å². The largest absolute Gasteiger partial charge is 0.444 e. The average Bonchev–Trinajstić information content (AvgIpc) is 3.23. The Labute approximate surface area is 157 Å². The standard InChI is InChI=1S/C20H22N2O5/c1-19(2,3)27-18(25)21-11-20-10-9-13(26-20)14-15(20)17(24)22(16(14)23)12-7-5-4-6-8-12/h4-10,13-15H,11H2,1-3H3,(H,21,25). The van der Waals surface area contributed by atoms with E-state index in [1.165, 1.54) is 4.90 Å². The molecule has 1 aromatic carbocycles. The second-order valence-electron chi connectivity index (χ2n) is 8.10. The van der Waals surface area contributed by atoms with E-state index in [1.807, 2.05) is 6.07 Å². The number of hydrogen-bond donors (Lipinski definition) is 1.